The maximum atomic E-state index is 6.07. The molecule has 0 aromatic heterocycles. The number of hydrogen-bond donors (Lipinski definition) is 1. The molecule has 0 aliphatic carbocycles. The van der Waals surface area contributed by atoms with Crippen molar-refractivity contribution in [2.75, 3.05) is 19.0 Å². The van der Waals surface area contributed by atoms with E-state index in [9.17, 15) is 0 Å². The van der Waals surface area contributed by atoms with Crippen LogP contribution in [0.25, 0.3) is 0 Å². The summed E-state index contributed by atoms with van der Waals surface area (Å²) in [6, 6.07) is 3.98. The summed E-state index contributed by atoms with van der Waals surface area (Å²) >= 11 is 6.07. The Bertz CT molecular complexity index is 387. The number of ether oxygens (including phenoxy) is 1. The van der Waals surface area contributed by atoms with Crippen LogP contribution >= 0.6 is 11.6 Å². The second-order valence-corrected chi connectivity index (χ2v) is 5.25. The highest BCUT2D eigenvalue weighted by molar-refractivity contribution is 6.32. The minimum absolute atomic E-state index is 0.297. The van der Waals surface area contributed by atoms with Gasteiger partial charge in [0.05, 0.1) is 12.1 Å². The maximum absolute atomic E-state index is 6.07. The monoisotopic (exact) mass is 225 g/mol. The van der Waals surface area contributed by atoms with Crippen LogP contribution in [0.3, 0.4) is 0 Å². The summed E-state index contributed by atoms with van der Waals surface area (Å²) in [5.41, 5.74) is 2.72. The Hall–Kier alpha value is -0.890. The van der Waals surface area contributed by atoms with Crippen LogP contribution in [0.15, 0.2) is 12.1 Å². The average molecular weight is 226 g/mol. The molecule has 2 rings (SSSR count). The first-order valence-corrected chi connectivity index (χ1v) is 5.50. The Morgan fingerprint density at radius 3 is 2.80 bits per heavy atom. The Morgan fingerprint density at radius 2 is 2.13 bits per heavy atom. The van der Waals surface area contributed by atoms with Gasteiger partial charge in [0, 0.05) is 12.2 Å². The molecule has 82 valence electrons. The molecule has 2 nitrogen and oxygen atoms in total. The van der Waals surface area contributed by atoms with Gasteiger partial charge in [0.25, 0.3) is 0 Å². The zero-order valence-electron chi connectivity index (χ0n) is 9.36. The van der Waals surface area contributed by atoms with Crippen molar-refractivity contribution in [1.82, 2.24) is 0 Å². The van der Waals surface area contributed by atoms with Crippen LogP contribution in [-0.2, 0) is 6.42 Å². The van der Waals surface area contributed by atoms with Crippen molar-refractivity contribution in [2.45, 2.75) is 20.3 Å². The Balaban J connectivity index is 2.42. The number of fused-ring (bicyclic) bond motifs is 1. The second kappa shape index (κ2) is 3.60. The number of methoxy groups -OCH3 is 1. The molecule has 0 bridgehead atoms. The zero-order chi connectivity index (χ0) is 11.1. The lowest BCUT2D eigenvalue weighted by molar-refractivity contribution is 0.376. The lowest BCUT2D eigenvalue weighted by Crippen LogP contribution is -2.30. The Labute approximate surface area is 95.6 Å². The van der Waals surface area contributed by atoms with Crippen molar-refractivity contribution in [3.63, 3.8) is 0 Å². The topological polar surface area (TPSA) is 21.3 Å². The average Bonchev–Trinajstić information content (AvgIpc) is 2.17. The van der Waals surface area contributed by atoms with Crippen molar-refractivity contribution in [3.05, 3.63) is 22.7 Å². The fourth-order valence-corrected chi connectivity index (χ4v) is 2.22. The molecule has 0 radical (unpaired) electrons. The van der Waals surface area contributed by atoms with Crippen LogP contribution in [0.4, 0.5) is 5.69 Å². The standard InChI is InChI=1S/C12H16ClNO/c1-12(2)6-8-4-11(15-3)9(13)5-10(8)14-7-12/h4-5,14H,6-7H2,1-3H3. The van der Waals surface area contributed by atoms with E-state index in [0.717, 1.165) is 24.4 Å². The molecule has 0 fully saturated rings. The number of rotatable bonds is 1. The van der Waals surface area contributed by atoms with Gasteiger partial charge < -0.3 is 10.1 Å². The number of hydrogen-bond acceptors (Lipinski definition) is 2. The van der Waals surface area contributed by atoms with Crippen LogP contribution in [0.2, 0.25) is 5.02 Å². The van der Waals surface area contributed by atoms with Crippen LogP contribution in [0.1, 0.15) is 19.4 Å². The van der Waals surface area contributed by atoms with E-state index in [4.69, 9.17) is 16.3 Å². The van der Waals surface area contributed by atoms with Crippen LogP contribution in [0.5, 0.6) is 5.75 Å². The minimum atomic E-state index is 0.297. The van der Waals surface area contributed by atoms with Gasteiger partial charge >= 0.3 is 0 Å². The van der Waals surface area contributed by atoms with Crippen molar-refractivity contribution in [3.8, 4) is 5.75 Å². The lowest BCUT2D eigenvalue weighted by atomic mass is 9.82. The second-order valence-electron chi connectivity index (χ2n) is 4.84. The fourth-order valence-electron chi connectivity index (χ4n) is 1.98. The van der Waals surface area contributed by atoms with E-state index in [1.54, 1.807) is 7.11 Å². The molecule has 15 heavy (non-hydrogen) atoms. The van der Waals surface area contributed by atoms with Gasteiger partial charge in [-0.1, -0.05) is 25.4 Å². The third kappa shape index (κ3) is 2.05. The van der Waals surface area contributed by atoms with Crippen molar-refractivity contribution in [1.29, 1.82) is 0 Å². The molecule has 3 heteroatoms. The number of anilines is 1. The molecule has 1 N–H and O–H groups in total. The highest BCUT2D eigenvalue weighted by Gasteiger charge is 2.25. The van der Waals surface area contributed by atoms with Crippen molar-refractivity contribution < 1.29 is 4.74 Å². The van der Waals surface area contributed by atoms with Crippen molar-refractivity contribution >= 4 is 17.3 Å². The van der Waals surface area contributed by atoms with E-state index in [2.05, 4.69) is 19.2 Å². The minimum Gasteiger partial charge on any atom is -0.495 e. The SMILES string of the molecule is COc1cc2c(cc1Cl)NCC(C)(C)C2. The van der Waals surface area contributed by atoms with E-state index in [0.29, 0.717) is 10.4 Å². The van der Waals surface area contributed by atoms with E-state index in [-0.39, 0.29) is 0 Å². The number of halogens is 1. The predicted molar refractivity (Wildman–Crippen MR) is 64.0 cm³/mol. The highest BCUT2D eigenvalue weighted by atomic mass is 35.5. The van der Waals surface area contributed by atoms with E-state index in [1.807, 2.05) is 12.1 Å². The van der Waals surface area contributed by atoms with E-state index < -0.39 is 0 Å². The quantitative estimate of drug-likeness (QED) is 0.792. The molecule has 0 saturated carbocycles. The van der Waals surface area contributed by atoms with Gasteiger partial charge in [0.15, 0.2) is 0 Å². The summed E-state index contributed by atoms with van der Waals surface area (Å²) in [5, 5.41) is 4.07. The third-order valence-electron chi connectivity index (χ3n) is 2.80. The first-order valence-electron chi connectivity index (χ1n) is 5.12. The van der Waals surface area contributed by atoms with Gasteiger partial charge in [0.1, 0.15) is 5.75 Å². The van der Waals surface area contributed by atoms with Crippen LogP contribution in [-0.4, -0.2) is 13.7 Å². The van der Waals surface area contributed by atoms with Gasteiger partial charge in [-0.2, -0.15) is 0 Å². The Kier molecular flexibility index (Phi) is 2.55. The van der Waals surface area contributed by atoms with Crippen LogP contribution < -0.4 is 10.1 Å². The molecule has 1 aromatic carbocycles. The number of nitrogens with one attached hydrogen (secondary N) is 1. The van der Waals surface area contributed by atoms with E-state index >= 15 is 0 Å². The first kappa shape index (κ1) is 10.6. The van der Waals surface area contributed by atoms with Gasteiger partial charge in [0.2, 0.25) is 0 Å². The van der Waals surface area contributed by atoms with E-state index in [1.165, 1.54) is 5.56 Å². The van der Waals surface area contributed by atoms with Gasteiger partial charge in [-0.05, 0) is 29.5 Å². The molecular weight excluding hydrogens is 210 g/mol. The first-order chi connectivity index (χ1) is 7.02. The molecule has 0 atom stereocenters. The molecule has 0 spiro atoms. The van der Waals surface area contributed by atoms with Crippen molar-refractivity contribution in [2.24, 2.45) is 5.41 Å². The molecule has 1 heterocycles. The largest absolute Gasteiger partial charge is 0.495 e. The molecule has 1 aromatic rings. The maximum Gasteiger partial charge on any atom is 0.137 e. The molecule has 0 saturated heterocycles. The third-order valence-corrected chi connectivity index (χ3v) is 3.10. The lowest BCUT2D eigenvalue weighted by Gasteiger charge is -2.32. The summed E-state index contributed by atoms with van der Waals surface area (Å²) < 4.78 is 5.22. The predicted octanol–water partition coefficient (Wildman–Crippen LogP) is 3.34. The molecule has 1 aliphatic rings. The fraction of sp³-hybridized carbons (Fsp3) is 0.500. The summed E-state index contributed by atoms with van der Waals surface area (Å²) in [4.78, 5) is 0. The number of benzene rings is 1. The van der Waals surface area contributed by atoms with Crippen LogP contribution in [0, 0.1) is 5.41 Å². The van der Waals surface area contributed by atoms with Gasteiger partial charge in [-0.25, -0.2) is 0 Å². The highest BCUT2D eigenvalue weighted by Crippen LogP contribution is 2.37. The smallest absolute Gasteiger partial charge is 0.137 e. The summed E-state index contributed by atoms with van der Waals surface area (Å²) in [6.07, 6.45) is 1.06. The van der Waals surface area contributed by atoms with Gasteiger partial charge in [-0.15, -0.1) is 0 Å². The Morgan fingerprint density at radius 1 is 1.40 bits per heavy atom. The molecule has 0 unspecified atom stereocenters. The summed E-state index contributed by atoms with van der Waals surface area (Å²) in [7, 11) is 1.65. The zero-order valence-corrected chi connectivity index (χ0v) is 10.1. The normalized spacial score (nSPS) is 17.9. The van der Waals surface area contributed by atoms with Gasteiger partial charge in [-0.3, -0.25) is 0 Å². The summed E-state index contributed by atoms with van der Waals surface area (Å²) in [6.45, 7) is 5.50. The molecule has 0 amide bonds. The molecule has 1 aliphatic heterocycles. The molecular formula is C12H16ClNO. The summed E-state index contributed by atoms with van der Waals surface area (Å²) in [5.74, 6) is 0.759.